The molecule has 5 heteroatoms. The molecule has 0 amide bonds. The van der Waals surface area contributed by atoms with Gasteiger partial charge in [0.2, 0.25) is 0 Å². The van der Waals surface area contributed by atoms with Gasteiger partial charge in [-0.25, -0.2) is 0 Å². The summed E-state index contributed by atoms with van der Waals surface area (Å²) in [7, 11) is 0. The molecule has 0 aliphatic heterocycles. The van der Waals surface area contributed by atoms with Crippen molar-refractivity contribution in [2.45, 2.75) is 26.9 Å². The molecule has 2 aromatic rings. The maximum absolute atomic E-state index is 11.6. The molecule has 24 heavy (non-hydrogen) atoms. The minimum Gasteiger partial charge on any atom is -0.493 e. The number of ether oxygens (including phenoxy) is 3. The average Bonchev–Trinajstić information content (AvgIpc) is 2.61. The van der Waals surface area contributed by atoms with Crippen LogP contribution < -0.4 is 14.2 Å². The molecule has 0 fully saturated rings. The van der Waals surface area contributed by atoms with Gasteiger partial charge in [0.05, 0.1) is 16.6 Å². The zero-order chi connectivity index (χ0) is 17.4. The van der Waals surface area contributed by atoms with Crippen LogP contribution in [0.5, 0.6) is 17.2 Å². The van der Waals surface area contributed by atoms with Crippen molar-refractivity contribution in [3.8, 4) is 17.2 Å². The molecule has 0 atom stereocenters. The van der Waals surface area contributed by atoms with E-state index in [1.165, 1.54) is 5.56 Å². The molecule has 0 N–H and O–H groups in total. The number of hydrogen-bond acceptors (Lipinski definition) is 4. The fourth-order valence-electron chi connectivity index (χ4n) is 2.20. The van der Waals surface area contributed by atoms with Gasteiger partial charge in [0.25, 0.3) is 0 Å². The summed E-state index contributed by atoms with van der Waals surface area (Å²) in [4.78, 5) is 11.6. The molecule has 0 radical (unpaired) electrons. The fraction of sp³-hybridized carbons (Fsp3) is 0.316. The molecule has 0 saturated carbocycles. The second-order valence-corrected chi connectivity index (χ2v) is 5.82. The summed E-state index contributed by atoms with van der Waals surface area (Å²) in [6.07, 6.45) is 0.990. The molecule has 0 unspecified atom stereocenters. The molecule has 0 heterocycles. The van der Waals surface area contributed by atoms with Gasteiger partial charge >= 0.3 is 5.97 Å². The summed E-state index contributed by atoms with van der Waals surface area (Å²) >= 11 is 1.98. The van der Waals surface area contributed by atoms with Gasteiger partial charge in [0.15, 0.2) is 0 Å². The Hall–Kier alpha value is -1.76. The van der Waals surface area contributed by atoms with E-state index in [0.29, 0.717) is 18.1 Å². The predicted octanol–water partition coefficient (Wildman–Crippen LogP) is 4.57. The molecular formula is C19H21IO4. The quantitative estimate of drug-likeness (QED) is 0.261. The van der Waals surface area contributed by atoms with E-state index in [1.54, 1.807) is 12.1 Å². The van der Waals surface area contributed by atoms with E-state index in [2.05, 4.69) is 6.92 Å². The first-order valence-corrected chi connectivity index (χ1v) is 9.43. The van der Waals surface area contributed by atoms with E-state index in [9.17, 15) is 4.79 Å². The van der Waals surface area contributed by atoms with Crippen LogP contribution in [0.1, 0.15) is 25.0 Å². The lowest BCUT2D eigenvalue weighted by molar-refractivity contribution is -0.131. The van der Waals surface area contributed by atoms with Crippen molar-refractivity contribution in [3.05, 3.63) is 53.6 Å². The third-order valence-corrected chi connectivity index (χ3v) is 4.06. The van der Waals surface area contributed by atoms with E-state index in [4.69, 9.17) is 14.2 Å². The highest BCUT2D eigenvalue weighted by molar-refractivity contribution is 14.1. The van der Waals surface area contributed by atoms with Crippen molar-refractivity contribution in [2.24, 2.45) is 0 Å². The summed E-state index contributed by atoms with van der Waals surface area (Å²) in [6.45, 7) is 4.83. The topological polar surface area (TPSA) is 44.8 Å². The Morgan fingerprint density at radius 1 is 1.00 bits per heavy atom. The Morgan fingerprint density at radius 3 is 2.33 bits per heavy atom. The molecule has 128 valence electrons. The van der Waals surface area contributed by atoms with E-state index in [0.717, 1.165) is 17.7 Å². The first-order valence-electron chi connectivity index (χ1n) is 7.91. The van der Waals surface area contributed by atoms with Crippen molar-refractivity contribution < 1.29 is 19.0 Å². The van der Waals surface area contributed by atoms with Gasteiger partial charge in [-0.05, 0) is 43.2 Å². The van der Waals surface area contributed by atoms with Gasteiger partial charge in [-0.15, -0.1) is 0 Å². The molecule has 0 aliphatic rings. The zero-order valence-electron chi connectivity index (χ0n) is 13.9. The standard InChI is InChI=1S/C19H21IO4/c1-3-14-8-10-15(11-9-14)23-13-16-17(22-4-2)6-5-7-18(16)24-19(21)12-20/h5-11H,3-4,12-13H2,1-2H3. The van der Waals surface area contributed by atoms with Crippen LogP contribution in [0.25, 0.3) is 0 Å². The summed E-state index contributed by atoms with van der Waals surface area (Å²) in [5, 5.41) is 0. The number of aryl methyl sites for hydroxylation is 1. The molecule has 0 saturated heterocycles. The first kappa shape index (κ1) is 18.6. The van der Waals surface area contributed by atoms with E-state index >= 15 is 0 Å². The molecule has 4 nitrogen and oxygen atoms in total. The number of carbonyl (C=O) groups is 1. The molecule has 0 bridgehead atoms. The summed E-state index contributed by atoms with van der Waals surface area (Å²) < 4.78 is 17.2. The second kappa shape index (κ2) is 9.52. The summed E-state index contributed by atoms with van der Waals surface area (Å²) in [5.74, 6) is 1.62. The van der Waals surface area contributed by atoms with Crippen LogP contribution in [-0.4, -0.2) is 17.0 Å². The molecule has 2 rings (SSSR count). The lowest BCUT2D eigenvalue weighted by atomic mass is 10.1. The number of hydrogen-bond donors (Lipinski definition) is 0. The lowest BCUT2D eigenvalue weighted by Gasteiger charge is -2.15. The molecule has 0 aliphatic carbocycles. The van der Waals surface area contributed by atoms with Gasteiger partial charge in [0, 0.05) is 0 Å². The van der Waals surface area contributed by atoms with Crippen molar-refractivity contribution >= 4 is 28.6 Å². The second-order valence-electron chi connectivity index (χ2n) is 5.06. The number of halogens is 1. The fourth-order valence-corrected chi connectivity index (χ4v) is 2.36. The van der Waals surface area contributed by atoms with Crippen LogP contribution >= 0.6 is 22.6 Å². The molecular weight excluding hydrogens is 419 g/mol. The van der Waals surface area contributed by atoms with Crippen molar-refractivity contribution in [1.82, 2.24) is 0 Å². The van der Waals surface area contributed by atoms with Gasteiger partial charge in [-0.1, -0.05) is 47.7 Å². The Balaban J connectivity index is 2.19. The number of rotatable bonds is 8. The van der Waals surface area contributed by atoms with E-state index < -0.39 is 0 Å². The normalized spacial score (nSPS) is 10.3. The van der Waals surface area contributed by atoms with Crippen LogP contribution in [0.2, 0.25) is 0 Å². The Kier molecular flexibility index (Phi) is 7.36. The van der Waals surface area contributed by atoms with Gasteiger partial charge < -0.3 is 14.2 Å². The summed E-state index contributed by atoms with van der Waals surface area (Å²) in [6, 6.07) is 13.4. The Bertz CT molecular complexity index is 668. The van der Waals surface area contributed by atoms with Gasteiger partial charge in [0.1, 0.15) is 23.9 Å². The van der Waals surface area contributed by atoms with Crippen LogP contribution in [0.15, 0.2) is 42.5 Å². The van der Waals surface area contributed by atoms with Crippen LogP contribution in [0.4, 0.5) is 0 Å². The number of alkyl halides is 1. The summed E-state index contributed by atoms with van der Waals surface area (Å²) in [5.41, 5.74) is 1.99. The van der Waals surface area contributed by atoms with Gasteiger partial charge in [-0.3, -0.25) is 4.79 Å². The van der Waals surface area contributed by atoms with E-state index in [1.807, 2.05) is 59.8 Å². The first-order chi connectivity index (χ1) is 11.7. The predicted molar refractivity (Wildman–Crippen MR) is 102 cm³/mol. The SMILES string of the molecule is CCOc1cccc(OC(=O)CI)c1COc1ccc(CC)cc1. The van der Waals surface area contributed by atoms with Crippen molar-refractivity contribution in [1.29, 1.82) is 0 Å². The largest absolute Gasteiger partial charge is 0.493 e. The maximum Gasteiger partial charge on any atom is 0.321 e. The number of esters is 1. The van der Waals surface area contributed by atoms with Crippen molar-refractivity contribution in [2.75, 3.05) is 11.0 Å². The van der Waals surface area contributed by atoms with Crippen LogP contribution in [-0.2, 0) is 17.8 Å². The molecule has 2 aromatic carbocycles. The van der Waals surface area contributed by atoms with Gasteiger partial charge in [-0.2, -0.15) is 0 Å². The highest BCUT2D eigenvalue weighted by Crippen LogP contribution is 2.30. The third-order valence-electron chi connectivity index (χ3n) is 3.44. The maximum atomic E-state index is 11.6. The Morgan fingerprint density at radius 2 is 1.71 bits per heavy atom. The van der Waals surface area contributed by atoms with Crippen molar-refractivity contribution in [3.63, 3.8) is 0 Å². The number of benzene rings is 2. The monoisotopic (exact) mass is 440 g/mol. The smallest absolute Gasteiger partial charge is 0.321 e. The van der Waals surface area contributed by atoms with Crippen LogP contribution in [0.3, 0.4) is 0 Å². The minimum absolute atomic E-state index is 0.269. The molecule has 0 spiro atoms. The number of carbonyl (C=O) groups excluding carboxylic acids is 1. The highest BCUT2D eigenvalue weighted by Gasteiger charge is 2.14. The minimum atomic E-state index is -0.294. The lowest BCUT2D eigenvalue weighted by Crippen LogP contribution is -2.12. The average molecular weight is 440 g/mol. The van der Waals surface area contributed by atoms with E-state index in [-0.39, 0.29) is 17.0 Å². The Labute approximate surface area is 156 Å². The van der Waals surface area contributed by atoms with Crippen LogP contribution in [0, 0.1) is 0 Å². The highest BCUT2D eigenvalue weighted by atomic mass is 127. The zero-order valence-corrected chi connectivity index (χ0v) is 16.0. The third kappa shape index (κ3) is 5.12. The molecule has 0 aromatic heterocycles.